The van der Waals surface area contributed by atoms with Crippen LogP contribution < -0.4 is 5.73 Å². The number of rotatable bonds is 4. The molecule has 1 aromatic carbocycles. The van der Waals surface area contributed by atoms with Gasteiger partial charge in [-0.15, -0.1) is 11.3 Å². The molecule has 0 saturated heterocycles. The van der Waals surface area contributed by atoms with Gasteiger partial charge in [-0.05, 0) is 36.2 Å². The highest BCUT2D eigenvalue weighted by Gasteiger charge is 2.23. The first kappa shape index (κ1) is 11.6. The van der Waals surface area contributed by atoms with Gasteiger partial charge < -0.3 is 10.5 Å². The summed E-state index contributed by atoms with van der Waals surface area (Å²) in [4.78, 5) is 0. The minimum absolute atomic E-state index is 0.416. The van der Waals surface area contributed by atoms with Gasteiger partial charge in [0, 0.05) is 11.3 Å². The third-order valence-electron chi connectivity index (χ3n) is 2.70. The van der Waals surface area contributed by atoms with E-state index < -0.39 is 5.54 Å². The van der Waals surface area contributed by atoms with Crippen molar-refractivity contribution >= 4 is 21.4 Å². The number of nitrogens with two attached hydrogens (primary N) is 1. The molecule has 1 unspecified atom stereocenters. The monoisotopic (exact) mass is 235 g/mol. The van der Waals surface area contributed by atoms with Crippen LogP contribution in [0.2, 0.25) is 0 Å². The van der Waals surface area contributed by atoms with E-state index in [4.69, 9.17) is 10.5 Å². The van der Waals surface area contributed by atoms with Crippen molar-refractivity contribution in [3.63, 3.8) is 0 Å². The Morgan fingerprint density at radius 3 is 2.94 bits per heavy atom. The SMILES string of the molecule is CCOCC(C)(N)c1cccc2ccsc12. The highest BCUT2D eigenvalue weighted by molar-refractivity contribution is 7.17. The minimum atomic E-state index is -0.416. The standard InChI is InChI=1S/C13H17NOS/c1-3-15-9-13(2,14)11-6-4-5-10-7-8-16-12(10)11/h4-8H,3,9,14H2,1-2H3. The molecular weight excluding hydrogens is 218 g/mol. The van der Waals surface area contributed by atoms with Gasteiger partial charge in [0.05, 0.1) is 12.1 Å². The zero-order chi connectivity index (χ0) is 11.6. The summed E-state index contributed by atoms with van der Waals surface area (Å²) >= 11 is 1.74. The third kappa shape index (κ3) is 2.12. The fourth-order valence-corrected chi connectivity index (χ4v) is 2.89. The molecule has 16 heavy (non-hydrogen) atoms. The molecule has 0 spiro atoms. The van der Waals surface area contributed by atoms with Crippen LogP contribution in [0.25, 0.3) is 10.1 Å². The van der Waals surface area contributed by atoms with E-state index in [-0.39, 0.29) is 0 Å². The van der Waals surface area contributed by atoms with Crippen LogP contribution in [0.3, 0.4) is 0 Å². The van der Waals surface area contributed by atoms with Crippen LogP contribution >= 0.6 is 11.3 Å². The Labute approximate surface area is 100 Å². The first-order valence-electron chi connectivity index (χ1n) is 5.48. The van der Waals surface area contributed by atoms with Crippen molar-refractivity contribution in [2.45, 2.75) is 19.4 Å². The maximum absolute atomic E-state index is 6.33. The predicted molar refractivity (Wildman–Crippen MR) is 69.9 cm³/mol. The Hall–Kier alpha value is -0.900. The summed E-state index contributed by atoms with van der Waals surface area (Å²) < 4.78 is 6.73. The molecule has 3 heteroatoms. The van der Waals surface area contributed by atoms with Gasteiger partial charge in [0.15, 0.2) is 0 Å². The van der Waals surface area contributed by atoms with Crippen LogP contribution in [0, 0.1) is 0 Å². The number of fused-ring (bicyclic) bond motifs is 1. The van der Waals surface area contributed by atoms with E-state index in [1.165, 1.54) is 15.6 Å². The molecule has 2 nitrogen and oxygen atoms in total. The second kappa shape index (κ2) is 4.53. The third-order valence-corrected chi connectivity index (χ3v) is 3.66. The van der Waals surface area contributed by atoms with Gasteiger partial charge in [-0.1, -0.05) is 18.2 Å². The minimum Gasteiger partial charge on any atom is -0.379 e. The number of benzene rings is 1. The van der Waals surface area contributed by atoms with Crippen molar-refractivity contribution in [3.05, 3.63) is 35.2 Å². The zero-order valence-electron chi connectivity index (χ0n) is 9.69. The molecule has 2 rings (SSSR count). The molecule has 2 aromatic rings. The van der Waals surface area contributed by atoms with Gasteiger partial charge in [-0.3, -0.25) is 0 Å². The molecule has 0 aliphatic rings. The molecular formula is C13H17NOS. The van der Waals surface area contributed by atoms with Gasteiger partial charge in [0.1, 0.15) is 0 Å². The summed E-state index contributed by atoms with van der Waals surface area (Å²) in [5.74, 6) is 0. The van der Waals surface area contributed by atoms with Crippen LogP contribution in [0.15, 0.2) is 29.6 Å². The van der Waals surface area contributed by atoms with E-state index in [2.05, 4.69) is 29.6 Å². The second-order valence-electron chi connectivity index (χ2n) is 4.20. The lowest BCUT2D eigenvalue weighted by atomic mass is 9.93. The molecule has 1 heterocycles. The smallest absolute Gasteiger partial charge is 0.0685 e. The average Bonchev–Trinajstić information content (AvgIpc) is 2.73. The van der Waals surface area contributed by atoms with Gasteiger partial charge in [-0.25, -0.2) is 0 Å². The van der Waals surface area contributed by atoms with Crippen molar-refractivity contribution in [2.75, 3.05) is 13.2 Å². The van der Waals surface area contributed by atoms with Gasteiger partial charge >= 0.3 is 0 Å². The summed E-state index contributed by atoms with van der Waals surface area (Å²) in [6, 6.07) is 8.39. The normalized spacial score (nSPS) is 15.2. The largest absolute Gasteiger partial charge is 0.379 e. The number of hydrogen-bond acceptors (Lipinski definition) is 3. The van der Waals surface area contributed by atoms with Gasteiger partial charge in [0.2, 0.25) is 0 Å². The fourth-order valence-electron chi connectivity index (χ4n) is 1.83. The molecule has 0 saturated carbocycles. The molecule has 0 fully saturated rings. The maximum Gasteiger partial charge on any atom is 0.0685 e. The Bertz CT molecular complexity index is 475. The van der Waals surface area contributed by atoms with Crippen molar-refractivity contribution in [1.29, 1.82) is 0 Å². The van der Waals surface area contributed by atoms with Crippen LogP contribution in [-0.2, 0) is 10.3 Å². The Morgan fingerprint density at radius 2 is 2.19 bits per heavy atom. The zero-order valence-corrected chi connectivity index (χ0v) is 10.5. The van der Waals surface area contributed by atoms with Crippen LogP contribution in [0.4, 0.5) is 0 Å². The maximum atomic E-state index is 6.33. The fraction of sp³-hybridized carbons (Fsp3) is 0.385. The van der Waals surface area contributed by atoms with Crippen LogP contribution in [-0.4, -0.2) is 13.2 Å². The molecule has 0 aliphatic carbocycles. The summed E-state index contributed by atoms with van der Waals surface area (Å²) in [6.45, 7) is 5.27. The molecule has 2 N–H and O–H groups in total. The quantitative estimate of drug-likeness (QED) is 0.883. The molecule has 0 aliphatic heterocycles. The highest BCUT2D eigenvalue weighted by Crippen LogP contribution is 2.31. The summed E-state index contributed by atoms with van der Waals surface area (Å²) in [5.41, 5.74) is 7.09. The van der Waals surface area contributed by atoms with Crippen molar-refractivity contribution in [3.8, 4) is 0 Å². The lowest BCUT2D eigenvalue weighted by molar-refractivity contribution is 0.101. The Balaban J connectivity index is 2.41. The lowest BCUT2D eigenvalue weighted by Crippen LogP contribution is -2.38. The number of ether oxygens (including phenoxy) is 1. The molecule has 86 valence electrons. The summed E-state index contributed by atoms with van der Waals surface area (Å²) in [6.07, 6.45) is 0. The van der Waals surface area contributed by atoms with Crippen LogP contribution in [0.1, 0.15) is 19.4 Å². The van der Waals surface area contributed by atoms with Gasteiger partial charge in [0.25, 0.3) is 0 Å². The molecule has 1 atom stereocenters. The topological polar surface area (TPSA) is 35.2 Å². The lowest BCUT2D eigenvalue weighted by Gasteiger charge is -2.25. The Kier molecular flexibility index (Phi) is 3.28. The molecule has 0 amide bonds. The second-order valence-corrected chi connectivity index (χ2v) is 5.12. The van der Waals surface area contributed by atoms with E-state index in [1.54, 1.807) is 11.3 Å². The van der Waals surface area contributed by atoms with Crippen LogP contribution in [0.5, 0.6) is 0 Å². The van der Waals surface area contributed by atoms with E-state index in [0.717, 1.165) is 0 Å². The summed E-state index contributed by atoms with van der Waals surface area (Å²) in [7, 11) is 0. The predicted octanol–water partition coefficient (Wildman–Crippen LogP) is 3.11. The number of thiophene rings is 1. The average molecular weight is 235 g/mol. The van der Waals surface area contributed by atoms with E-state index in [0.29, 0.717) is 13.2 Å². The first-order chi connectivity index (χ1) is 7.65. The van der Waals surface area contributed by atoms with Crippen molar-refractivity contribution < 1.29 is 4.74 Å². The molecule has 0 bridgehead atoms. The molecule has 0 radical (unpaired) electrons. The van der Waals surface area contributed by atoms with E-state index in [1.807, 2.05) is 13.8 Å². The number of hydrogen-bond donors (Lipinski definition) is 1. The van der Waals surface area contributed by atoms with Gasteiger partial charge in [-0.2, -0.15) is 0 Å². The van der Waals surface area contributed by atoms with Crippen molar-refractivity contribution in [1.82, 2.24) is 0 Å². The van der Waals surface area contributed by atoms with E-state index >= 15 is 0 Å². The Morgan fingerprint density at radius 1 is 1.38 bits per heavy atom. The summed E-state index contributed by atoms with van der Waals surface area (Å²) in [5, 5.41) is 3.36. The van der Waals surface area contributed by atoms with E-state index in [9.17, 15) is 0 Å². The van der Waals surface area contributed by atoms with Crippen molar-refractivity contribution in [2.24, 2.45) is 5.73 Å². The first-order valence-corrected chi connectivity index (χ1v) is 6.36. The highest BCUT2D eigenvalue weighted by atomic mass is 32.1. The molecule has 1 aromatic heterocycles.